The fourth-order valence-electron chi connectivity index (χ4n) is 2.63. The van der Waals surface area contributed by atoms with Crippen molar-refractivity contribution in [1.82, 2.24) is 4.57 Å². The number of primary sulfonamides is 1. The first-order chi connectivity index (χ1) is 12.9. The quantitative estimate of drug-likeness (QED) is 0.679. The topological polar surface area (TPSA) is 103 Å². The van der Waals surface area contributed by atoms with Gasteiger partial charge in [0.05, 0.1) is 24.1 Å². The van der Waals surface area contributed by atoms with Gasteiger partial charge in [0.1, 0.15) is 5.75 Å². The van der Waals surface area contributed by atoms with Gasteiger partial charge in [-0.05, 0) is 48.0 Å². The van der Waals surface area contributed by atoms with Crippen LogP contribution >= 0.6 is 0 Å². The molecule has 0 aliphatic heterocycles. The van der Waals surface area contributed by atoms with Crippen molar-refractivity contribution in [2.45, 2.75) is 11.3 Å². The Bertz CT molecular complexity index is 1040. The number of benzene rings is 2. The molecule has 27 heavy (non-hydrogen) atoms. The summed E-state index contributed by atoms with van der Waals surface area (Å²) in [7, 11) is -2.45. The van der Waals surface area contributed by atoms with E-state index in [1.807, 2.05) is 53.4 Å². The van der Waals surface area contributed by atoms with Crippen LogP contribution in [-0.4, -0.2) is 26.0 Å². The largest absolute Gasteiger partial charge is 0.495 e. The highest BCUT2D eigenvalue weighted by atomic mass is 32.2. The molecular weight excluding hydrogens is 366 g/mol. The average molecular weight is 385 g/mol. The van der Waals surface area contributed by atoms with Crippen LogP contribution in [0.2, 0.25) is 0 Å². The molecule has 1 amide bonds. The van der Waals surface area contributed by atoms with Crippen molar-refractivity contribution in [3.8, 4) is 11.4 Å². The van der Waals surface area contributed by atoms with Gasteiger partial charge < -0.3 is 14.6 Å². The van der Waals surface area contributed by atoms with Crippen molar-refractivity contribution in [3.05, 3.63) is 72.6 Å². The molecule has 2 aromatic carbocycles. The van der Waals surface area contributed by atoms with Crippen LogP contribution in [0.25, 0.3) is 5.69 Å². The zero-order valence-electron chi connectivity index (χ0n) is 14.6. The number of aromatic nitrogens is 1. The second kappa shape index (κ2) is 7.65. The van der Waals surface area contributed by atoms with Gasteiger partial charge >= 0.3 is 0 Å². The second-order valence-electron chi connectivity index (χ2n) is 5.89. The second-order valence-corrected chi connectivity index (χ2v) is 7.45. The van der Waals surface area contributed by atoms with Crippen LogP contribution in [0.15, 0.2) is 71.9 Å². The van der Waals surface area contributed by atoms with Crippen LogP contribution < -0.4 is 15.2 Å². The van der Waals surface area contributed by atoms with Crippen molar-refractivity contribution in [3.63, 3.8) is 0 Å². The lowest BCUT2D eigenvalue weighted by Crippen LogP contribution is -2.17. The van der Waals surface area contributed by atoms with E-state index in [9.17, 15) is 13.2 Å². The van der Waals surface area contributed by atoms with Gasteiger partial charge in [0.15, 0.2) is 0 Å². The molecule has 0 saturated heterocycles. The number of sulfonamides is 1. The van der Waals surface area contributed by atoms with Crippen LogP contribution in [-0.2, 0) is 21.2 Å². The number of carbonyl (C=O) groups is 1. The van der Waals surface area contributed by atoms with Crippen LogP contribution in [0.1, 0.15) is 5.56 Å². The molecule has 0 bridgehead atoms. The summed E-state index contributed by atoms with van der Waals surface area (Å²) >= 11 is 0. The zero-order valence-corrected chi connectivity index (χ0v) is 15.4. The molecule has 3 N–H and O–H groups in total. The number of nitrogens with two attached hydrogens (primary N) is 1. The summed E-state index contributed by atoms with van der Waals surface area (Å²) in [6, 6.07) is 15.5. The molecule has 0 radical (unpaired) electrons. The number of nitrogens with one attached hydrogen (secondary N) is 1. The van der Waals surface area contributed by atoms with E-state index in [-0.39, 0.29) is 22.9 Å². The average Bonchev–Trinajstić information content (AvgIpc) is 3.16. The Labute approximate surface area is 157 Å². The third kappa shape index (κ3) is 4.55. The molecule has 8 heteroatoms. The molecule has 3 rings (SSSR count). The standard InChI is InChI=1S/C19H19N3O4S/c1-26-18-9-8-16(27(20,24)25)13-17(18)21-19(23)12-14-4-6-15(7-5-14)22-10-2-3-11-22/h2-11,13H,12H2,1H3,(H,21,23)(H2,20,24,25). The summed E-state index contributed by atoms with van der Waals surface area (Å²) < 4.78 is 30.2. The first-order valence-corrected chi connectivity index (χ1v) is 9.64. The van der Waals surface area contributed by atoms with Crippen molar-refractivity contribution in [2.75, 3.05) is 12.4 Å². The number of ether oxygens (including phenoxy) is 1. The summed E-state index contributed by atoms with van der Waals surface area (Å²) in [5.74, 6) is 0.0484. The highest BCUT2D eigenvalue weighted by Gasteiger charge is 2.14. The van der Waals surface area contributed by atoms with Gasteiger partial charge in [-0.2, -0.15) is 0 Å². The lowest BCUT2D eigenvalue weighted by atomic mass is 10.1. The van der Waals surface area contributed by atoms with E-state index >= 15 is 0 Å². The zero-order chi connectivity index (χ0) is 19.4. The molecular formula is C19H19N3O4S. The van der Waals surface area contributed by atoms with Crippen LogP contribution in [0.3, 0.4) is 0 Å². The molecule has 0 aliphatic rings. The number of rotatable bonds is 6. The third-order valence-corrected chi connectivity index (χ3v) is 4.89. The van der Waals surface area contributed by atoms with E-state index < -0.39 is 10.0 Å². The molecule has 1 aromatic heterocycles. The summed E-state index contributed by atoms with van der Waals surface area (Å²) in [5.41, 5.74) is 2.06. The van der Waals surface area contributed by atoms with E-state index in [0.29, 0.717) is 5.75 Å². The van der Waals surface area contributed by atoms with Crippen LogP contribution in [0, 0.1) is 0 Å². The van der Waals surface area contributed by atoms with E-state index in [0.717, 1.165) is 11.3 Å². The van der Waals surface area contributed by atoms with Crippen molar-refractivity contribution in [1.29, 1.82) is 0 Å². The molecule has 0 fully saturated rings. The Hall–Kier alpha value is -3.10. The first kappa shape index (κ1) is 18.7. The highest BCUT2D eigenvalue weighted by molar-refractivity contribution is 7.89. The predicted octanol–water partition coefficient (Wildman–Crippen LogP) is 2.31. The summed E-state index contributed by atoms with van der Waals surface area (Å²) in [6.07, 6.45) is 4.01. The number of carbonyl (C=O) groups excluding carboxylic acids is 1. The number of hydrogen-bond acceptors (Lipinski definition) is 4. The smallest absolute Gasteiger partial charge is 0.238 e. The van der Waals surface area contributed by atoms with E-state index in [1.165, 1.54) is 25.3 Å². The Morgan fingerprint density at radius 3 is 2.37 bits per heavy atom. The molecule has 7 nitrogen and oxygen atoms in total. The number of nitrogens with zero attached hydrogens (tertiary/aromatic N) is 1. The lowest BCUT2D eigenvalue weighted by Gasteiger charge is -2.12. The summed E-state index contributed by atoms with van der Waals surface area (Å²) in [5, 5.41) is 7.82. The van der Waals surface area contributed by atoms with Crippen molar-refractivity contribution >= 4 is 21.6 Å². The van der Waals surface area contributed by atoms with Gasteiger partial charge in [-0.15, -0.1) is 0 Å². The van der Waals surface area contributed by atoms with E-state index in [1.54, 1.807) is 0 Å². The molecule has 0 spiro atoms. The van der Waals surface area contributed by atoms with Gasteiger partial charge in [0.2, 0.25) is 15.9 Å². The minimum absolute atomic E-state index is 0.102. The van der Waals surface area contributed by atoms with Gasteiger partial charge in [0.25, 0.3) is 0 Å². The minimum Gasteiger partial charge on any atom is -0.495 e. The van der Waals surface area contributed by atoms with Crippen molar-refractivity contribution in [2.24, 2.45) is 5.14 Å². The SMILES string of the molecule is COc1ccc(S(N)(=O)=O)cc1NC(=O)Cc1ccc(-n2cccc2)cc1. The molecule has 1 heterocycles. The molecule has 0 saturated carbocycles. The lowest BCUT2D eigenvalue weighted by molar-refractivity contribution is -0.115. The van der Waals surface area contributed by atoms with E-state index in [2.05, 4.69) is 5.32 Å². The monoisotopic (exact) mass is 385 g/mol. The van der Waals surface area contributed by atoms with Crippen molar-refractivity contribution < 1.29 is 17.9 Å². The minimum atomic E-state index is -3.88. The van der Waals surface area contributed by atoms with E-state index in [4.69, 9.17) is 9.88 Å². The third-order valence-electron chi connectivity index (χ3n) is 3.98. The van der Waals surface area contributed by atoms with Gasteiger partial charge in [0, 0.05) is 18.1 Å². The maximum Gasteiger partial charge on any atom is 0.238 e. The number of hydrogen-bond donors (Lipinski definition) is 2. The number of amides is 1. The molecule has 0 atom stereocenters. The highest BCUT2D eigenvalue weighted by Crippen LogP contribution is 2.27. The number of anilines is 1. The number of methoxy groups -OCH3 is 1. The Morgan fingerprint density at radius 1 is 1.11 bits per heavy atom. The van der Waals surface area contributed by atoms with Gasteiger partial charge in [-0.1, -0.05) is 12.1 Å². The maximum absolute atomic E-state index is 12.4. The van der Waals surface area contributed by atoms with Gasteiger partial charge in [-0.25, -0.2) is 13.6 Å². The Morgan fingerprint density at radius 2 is 1.78 bits per heavy atom. The van der Waals surface area contributed by atoms with Gasteiger partial charge in [-0.3, -0.25) is 4.79 Å². The molecule has 140 valence electrons. The molecule has 3 aromatic rings. The first-order valence-electron chi connectivity index (χ1n) is 8.10. The Balaban J connectivity index is 1.74. The molecule has 0 unspecified atom stereocenters. The maximum atomic E-state index is 12.4. The molecule has 0 aliphatic carbocycles. The normalized spacial score (nSPS) is 11.2. The summed E-state index contributed by atoms with van der Waals surface area (Å²) in [4.78, 5) is 12.3. The Kier molecular flexibility index (Phi) is 5.29. The summed E-state index contributed by atoms with van der Waals surface area (Å²) in [6.45, 7) is 0. The fraction of sp³-hybridized carbons (Fsp3) is 0.105. The fourth-order valence-corrected chi connectivity index (χ4v) is 3.17. The van der Waals surface area contributed by atoms with Crippen LogP contribution in [0.5, 0.6) is 5.75 Å². The van der Waals surface area contributed by atoms with Crippen LogP contribution in [0.4, 0.5) is 5.69 Å². The predicted molar refractivity (Wildman–Crippen MR) is 102 cm³/mol.